The van der Waals surface area contributed by atoms with Crippen molar-refractivity contribution in [2.45, 2.75) is 51.4 Å². The molecule has 1 aromatic rings. The van der Waals surface area contributed by atoms with Gasteiger partial charge in [-0.25, -0.2) is 0 Å². The Balaban J connectivity index is 2.13. The highest BCUT2D eigenvalue weighted by atomic mass is 16.7. The smallest absolute Gasteiger partial charge is 0.475 e. The number of hydrogen-bond donors (Lipinski definition) is 1. The van der Waals surface area contributed by atoms with Gasteiger partial charge in [0.1, 0.15) is 12.0 Å². The molecule has 1 aliphatic heterocycles. The fourth-order valence-corrected chi connectivity index (χ4v) is 1.99. The van der Waals surface area contributed by atoms with Gasteiger partial charge in [-0.15, -0.1) is 0 Å². The van der Waals surface area contributed by atoms with Crippen molar-refractivity contribution in [3.63, 3.8) is 0 Å². The van der Waals surface area contributed by atoms with Crippen LogP contribution in [0.25, 0.3) is 0 Å². The van der Waals surface area contributed by atoms with Gasteiger partial charge in [-0.3, -0.25) is 10.5 Å². The Bertz CT molecular complexity index is 509. The lowest BCUT2D eigenvalue weighted by molar-refractivity contribution is 0.00578. The zero-order valence-corrected chi connectivity index (χ0v) is 13.2. The van der Waals surface area contributed by atoms with Crippen LogP contribution in [0.15, 0.2) is 24.3 Å². The van der Waals surface area contributed by atoms with Crippen LogP contribution in [0.1, 0.15) is 45.0 Å². The first-order valence-electron chi connectivity index (χ1n) is 6.96. The van der Waals surface area contributed by atoms with E-state index < -0.39 is 23.9 Å². The van der Waals surface area contributed by atoms with Crippen molar-refractivity contribution in [1.29, 1.82) is 0 Å². The zero-order chi connectivity index (χ0) is 15.9. The molecule has 0 unspecified atom stereocenters. The molecule has 0 spiro atoms. The lowest BCUT2D eigenvalue weighted by Gasteiger charge is -2.32. The number of benzene rings is 1. The van der Waals surface area contributed by atoms with Crippen molar-refractivity contribution in [2.24, 2.45) is 5.73 Å². The van der Waals surface area contributed by atoms with E-state index in [2.05, 4.69) is 0 Å². The van der Waals surface area contributed by atoms with Crippen LogP contribution in [0, 0.1) is 0 Å². The monoisotopic (exact) mass is 291 g/mol. The fourth-order valence-electron chi connectivity index (χ4n) is 1.99. The Morgan fingerprint density at radius 3 is 2.05 bits per heavy atom. The maximum atomic E-state index is 10.6. The van der Waals surface area contributed by atoms with Crippen molar-refractivity contribution < 1.29 is 18.8 Å². The average Bonchev–Trinajstić information content (AvgIpc) is 2.60. The molecule has 0 saturated carbocycles. The molecule has 21 heavy (non-hydrogen) atoms. The molecule has 0 amide bonds. The summed E-state index contributed by atoms with van der Waals surface area (Å²) < 4.78 is 17.6. The molecule has 6 heteroatoms. The minimum atomic E-state index is -1.15. The zero-order valence-electron chi connectivity index (χ0n) is 13.2. The Morgan fingerprint density at radius 1 is 1.14 bits per heavy atom. The standard InChI is InChI=1S/C15H22BNO4/c1-13(2)14(3,4)21-16(20-13)15(5,17)19-12-8-6-11(10-18)7-9-12/h6-10H,17H2,1-5H3/t15-/m1/s1. The molecule has 0 bridgehead atoms. The van der Waals surface area contributed by atoms with Crippen molar-refractivity contribution >= 4 is 13.4 Å². The van der Waals surface area contributed by atoms with Crippen LogP contribution in [0.4, 0.5) is 0 Å². The quantitative estimate of drug-likeness (QED) is 0.523. The summed E-state index contributed by atoms with van der Waals surface area (Å²) in [6.45, 7) is 9.55. The third-order valence-electron chi connectivity index (χ3n) is 4.08. The van der Waals surface area contributed by atoms with Crippen molar-refractivity contribution in [2.75, 3.05) is 0 Å². The topological polar surface area (TPSA) is 70.8 Å². The Kier molecular flexibility index (Phi) is 3.91. The van der Waals surface area contributed by atoms with Gasteiger partial charge in [0.2, 0.25) is 0 Å². The van der Waals surface area contributed by atoms with E-state index >= 15 is 0 Å². The lowest BCUT2D eigenvalue weighted by Crippen LogP contribution is -2.58. The summed E-state index contributed by atoms with van der Waals surface area (Å²) in [6, 6.07) is 6.73. The van der Waals surface area contributed by atoms with Gasteiger partial charge in [-0.1, -0.05) is 0 Å². The first-order chi connectivity index (χ1) is 9.57. The summed E-state index contributed by atoms with van der Waals surface area (Å²) in [6.07, 6.45) is 0.777. The minimum absolute atomic E-state index is 0.469. The van der Waals surface area contributed by atoms with Crippen LogP contribution in [0.5, 0.6) is 5.75 Å². The van der Waals surface area contributed by atoms with Crippen LogP contribution in [0.2, 0.25) is 0 Å². The van der Waals surface area contributed by atoms with Crippen molar-refractivity contribution in [3.05, 3.63) is 29.8 Å². The first kappa shape index (κ1) is 16.0. The summed E-state index contributed by atoms with van der Waals surface area (Å²) in [5, 5.41) is 0. The molecule has 1 aromatic carbocycles. The normalized spacial score (nSPS) is 22.7. The van der Waals surface area contributed by atoms with Crippen LogP contribution in [-0.2, 0) is 9.31 Å². The first-order valence-corrected chi connectivity index (χ1v) is 6.96. The Hall–Kier alpha value is -1.37. The lowest BCUT2D eigenvalue weighted by atomic mass is 9.76. The van der Waals surface area contributed by atoms with E-state index in [9.17, 15) is 4.79 Å². The molecule has 2 rings (SSSR count). The van der Waals surface area contributed by atoms with Crippen LogP contribution in [-0.4, -0.2) is 30.2 Å². The average molecular weight is 291 g/mol. The second-order valence-corrected chi connectivity index (χ2v) is 6.56. The minimum Gasteiger partial charge on any atom is -0.475 e. The Labute approximate surface area is 125 Å². The maximum Gasteiger partial charge on any atom is 0.520 e. The molecule has 1 fully saturated rings. The number of ether oxygens (including phenoxy) is 1. The summed E-state index contributed by atoms with van der Waals surface area (Å²) in [5.74, 6) is 0.556. The number of hydrogen-bond acceptors (Lipinski definition) is 5. The van der Waals surface area contributed by atoms with Crippen LogP contribution >= 0.6 is 0 Å². The molecule has 2 N–H and O–H groups in total. The summed E-state index contributed by atoms with van der Waals surface area (Å²) in [4.78, 5) is 10.6. The van der Waals surface area contributed by atoms with Gasteiger partial charge in [0.15, 0.2) is 5.62 Å². The molecule has 1 aliphatic rings. The highest BCUT2D eigenvalue weighted by Gasteiger charge is 2.58. The van der Waals surface area contributed by atoms with Gasteiger partial charge in [-0.05, 0) is 58.9 Å². The van der Waals surface area contributed by atoms with Gasteiger partial charge in [0.25, 0.3) is 0 Å². The second-order valence-electron chi connectivity index (χ2n) is 6.56. The third kappa shape index (κ3) is 3.12. The van der Waals surface area contributed by atoms with E-state index in [4.69, 9.17) is 19.8 Å². The van der Waals surface area contributed by atoms with Gasteiger partial charge >= 0.3 is 7.12 Å². The van der Waals surface area contributed by atoms with E-state index in [-0.39, 0.29) is 0 Å². The summed E-state index contributed by atoms with van der Waals surface area (Å²) in [7, 11) is -0.687. The van der Waals surface area contributed by atoms with Gasteiger partial charge in [0.05, 0.1) is 11.2 Å². The predicted molar refractivity (Wildman–Crippen MR) is 81.1 cm³/mol. The highest BCUT2D eigenvalue weighted by molar-refractivity contribution is 6.49. The number of carbonyl (C=O) groups is 1. The number of carbonyl (C=O) groups excluding carboxylic acids is 1. The molecule has 0 aromatic heterocycles. The van der Waals surface area contributed by atoms with E-state index in [1.807, 2.05) is 27.7 Å². The molecule has 0 radical (unpaired) electrons. The molecular weight excluding hydrogens is 269 g/mol. The molecule has 1 atom stereocenters. The van der Waals surface area contributed by atoms with E-state index in [1.165, 1.54) is 0 Å². The van der Waals surface area contributed by atoms with Crippen molar-refractivity contribution in [1.82, 2.24) is 0 Å². The SMILES string of the molecule is CC1(C)OB([C@](C)(N)Oc2ccc(C=O)cc2)OC1(C)C. The van der Waals surface area contributed by atoms with E-state index in [1.54, 1.807) is 31.2 Å². The highest BCUT2D eigenvalue weighted by Crippen LogP contribution is 2.39. The summed E-state index contributed by atoms with van der Waals surface area (Å²) >= 11 is 0. The molecule has 5 nitrogen and oxygen atoms in total. The summed E-state index contributed by atoms with van der Waals surface area (Å²) in [5.41, 5.74) is 4.72. The fraction of sp³-hybridized carbons (Fsp3) is 0.533. The molecule has 0 aliphatic carbocycles. The number of aldehydes is 1. The number of rotatable bonds is 4. The molecule has 114 valence electrons. The molecule has 1 heterocycles. The maximum absolute atomic E-state index is 10.6. The van der Waals surface area contributed by atoms with Crippen LogP contribution in [0.3, 0.4) is 0 Å². The molecule has 1 saturated heterocycles. The number of nitrogens with two attached hydrogens (primary N) is 1. The second kappa shape index (κ2) is 5.12. The van der Waals surface area contributed by atoms with E-state index in [0.29, 0.717) is 11.3 Å². The largest absolute Gasteiger partial charge is 0.520 e. The predicted octanol–water partition coefficient (Wildman–Crippen LogP) is 2.18. The third-order valence-corrected chi connectivity index (χ3v) is 4.08. The van der Waals surface area contributed by atoms with Crippen LogP contribution < -0.4 is 10.5 Å². The van der Waals surface area contributed by atoms with Crippen molar-refractivity contribution in [3.8, 4) is 5.75 Å². The van der Waals surface area contributed by atoms with Gasteiger partial charge in [-0.2, -0.15) is 0 Å². The van der Waals surface area contributed by atoms with E-state index in [0.717, 1.165) is 6.29 Å². The van der Waals surface area contributed by atoms with Gasteiger partial charge in [0, 0.05) is 5.56 Å². The van der Waals surface area contributed by atoms with Gasteiger partial charge < -0.3 is 14.0 Å². The Morgan fingerprint density at radius 2 is 1.62 bits per heavy atom. The molecular formula is C15H22BNO4.